The zero-order valence-corrected chi connectivity index (χ0v) is 27.2. The Balaban J connectivity index is -0.000000222. The third-order valence-electron chi connectivity index (χ3n) is 4.45. The summed E-state index contributed by atoms with van der Waals surface area (Å²) < 4.78 is 8.51. The molecule has 0 aliphatic carbocycles. The van der Waals surface area contributed by atoms with Crippen molar-refractivity contribution in [3.8, 4) is 0 Å². The SMILES string of the molecule is N[C@@H](CC(=O)O)C(=O)OC(CC(=O)[O-])(CC(=O)[O-])C(=O)[O-].N[C@@H](CC(=O)O)C(=O)OC(CC(=O)[O-])(CC(=O)[O-])C(=O)[O-].[Mg+2].[Mg+2].[Mg+2]. The topological polar surface area (TPSA) is 420 Å². The number of aliphatic carboxylic acids is 8. The van der Waals surface area contributed by atoms with Crippen LogP contribution in [-0.4, -0.2) is 162 Å². The van der Waals surface area contributed by atoms with Crippen LogP contribution in [0.25, 0.3) is 0 Å². The smallest absolute Gasteiger partial charge is 0.550 e. The normalized spacial score (nSPS) is 11.4. The monoisotopic (exact) mass is 680 g/mol. The number of hydrogen-bond acceptors (Lipinski definition) is 20. The minimum absolute atomic E-state index is 0. The first kappa shape index (κ1) is 51.5. The van der Waals surface area contributed by atoms with Gasteiger partial charge >= 0.3 is 93.0 Å². The Morgan fingerprint density at radius 1 is 0.511 bits per heavy atom. The van der Waals surface area contributed by atoms with E-state index in [1.165, 1.54) is 0 Å². The van der Waals surface area contributed by atoms with Crippen molar-refractivity contribution in [1.82, 2.24) is 0 Å². The number of nitrogens with two attached hydrogens (primary N) is 2. The Hall–Kier alpha value is -3.08. The fraction of sp³-hybridized carbons (Fsp3) is 0.500. The molecule has 22 nitrogen and oxygen atoms in total. The summed E-state index contributed by atoms with van der Waals surface area (Å²) in [6.45, 7) is 0. The van der Waals surface area contributed by atoms with Gasteiger partial charge in [0.2, 0.25) is 0 Å². The molecule has 0 heterocycles. The summed E-state index contributed by atoms with van der Waals surface area (Å²) in [5, 5.41) is 80.7. The zero-order valence-electron chi connectivity index (χ0n) is 22.9. The van der Waals surface area contributed by atoms with Gasteiger partial charge in [-0.3, -0.25) is 19.2 Å². The summed E-state index contributed by atoms with van der Waals surface area (Å²) in [6, 6.07) is -3.66. The molecule has 25 heteroatoms. The van der Waals surface area contributed by atoms with Gasteiger partial charge in [0.05, 0.1) is 24.8 Å². The second-order valence-electron chi connectivity index (χ2n) is 8.01. The Morgan fingerprint density at radius 2 is 0.711 bits per heavy atom. The van der Waals surface area contributed by atoms with Gasteiger partial charge in [-0.1, -0.05) is 0 Å². The van der Waals surface area contributed by atoms with Crippen molar-refractivity contribution in [1.29, 1.82) is 0 Å². The minimum atomic E-state index is -3.11. The molecule has 0 fully saturated rings. The van der Waals surface area contributed by atoms with Crippen LogP contribution in [0.3, 0.4) is 0 Å². The third-order valence-corrected chi connectivity index (χ3v) is 4.45. The number of hydrogen-bond donors (Lipinski definition) is 4. The van der Waals surface area contributed by atoms with Crippen molar-refractivity contribution in [2.45, 2.75) is 61.8 Å². The van der Waals surface area contributed by atoms with Gasteiger partial charge in [-0.2, -0.15) is 0 Å². The van der Waals surface area contributed by atoms with Crippen molar-refractivity contribution >= 4 is 129 Å². The van der Waals surface area contributed by atoms with E-state index in [1.807, 2.05) is 0 Å². The van der Waals surface area contributed by atoms with Crippen LogP contribution in [0.2, 0.25) is 0 Å². The van der Waals surface area contributed by atoms with E-state index in [9.17, 15) is 78.6 Å². The van der Waals surface area contributed by atoms with Crippen LogP contribution in [0, 0.1) is 0 Å². The zero-order chi connectivity index (χ0) is 33.6. The molecule has 6 N–H and O–H groups in total. The van der Waals surface area contributed by atoms with Crippen molar-refractivity contribution in [3.05, 3.63) is 0 Å². The Morgan fingerprint density at radius 3 is 0.844 bits per heavy atom. The molecule has 0 saturated heterocycles. The number of rotatable bonds is 18. The molecule has 0 aliphatic heterocycles. The first-order valence-electron chi connectivity index (χ1n) is 10.6. The molecule has 236 valence electrons. The molecule has 0 amide bonds. The van der Waals surface area contributed by atoms with E-state index in [0.717, 1.165) is 0 Å². The van der Waals surface area contributed by atoms with Crippen LogP contribution in [0.15, 0.2) is 0 Å². The van der Waals surface area contributed by atoms with Gasteiger partial charge in [0, 0.05) is 49.6 Å². The molecule has 2 atom stereocenters. The van der Waals surface area contributed by atoms with Crippen LogP contribution < -0.4 is 42.1 Å². The second-order valence-corrected chi connectivity index (χ2v) is 8.01. The molecule has 0 aromatic heterocycles. The van der Waals surface area contributed by atoms with Gasteiger partial charge in [-0.15, -0.1) is 0 Å². The van der Waals surface area contributed by atoms with E-state index < -0.39 is 122 Å². The Kier molecular flexibility index (Phi) is 26.6. The summed E-state index contributed by atoms with van der Waals surface area (Å²) in [5.74, 6) is -19.1. The fourth-order valence-corrected chi connectivity index (χ4v) is 2.65. The molecular weight excluding hydrogens is 661 g/mol. The Labute approximate surface area is 298 Å². The fourth-order valence-electron chi connectivity index (χ4n) is 2.65. The van der Waals surface area contributed by atoms with Crippen LogP contribution in [-0.2, 0) is 57.4 Å². The number of ether oxygens (including phenoxy) is 2. The molecule has 0 aromatic rings. The predicted molar refractivity (Wildman–Crippen MR) is 124 cm³/mol. The quantitative estimate of drug-likeness (QED) is 0.0770. The van der Waals surface area contributed by atoms with Gasteiger partial charge in [0.1, 0.15) is 12.1 Å². The van der Waals surface area contributed by atoms with E-state index in [0.29, 0.717) is 0 Å². The Bertz CT molecular complexity index is 1010. The summed E-state index contributed by atoms with van der Waals surface area (Å²) in [7, 11) is 0. The van der Waals surface area contributed by atoms with Crippen molar-refractivity contribution in [3.63, 3.8) is 0 Å². The summed E-state index contributed by atoms with van der Waals surface area (Å²) in [4.78, 5) is 107. The van der Waals surface area contributed by atoms with E-state index in [-0.39, 0.29) is 69.2 Å². The molecule has 0 spiro atoms. The maximum atomic E-state index is 11.4. The molecule has 0 aromatic carbocycles. The molecule has 0 aliphatic rings. The molecule has 0 rings (SSSR count). The van der Waals surface area contributed by atoms with E-state index in [1.54, 1.807) is 0 Å². The molecule has 0 unspecified atom stereocenters. The molecule has 0 saturated carbocycles. The van der Waals surface area contributed by atoms with Gasteiger partial charge in [-0.05, 0) is 0 Å². The molecule has 0 bridgehead atoms. The third kappa shape index (κ3) is 20.5. The average Bonchev–Trinajstić information content (AvgIpc) is 2.76. The number of carbonyl (C=O) groups excluding carboxylic acids is 8. The first-order chi connectivity index (χ1) is 19.0. The standard InChI is InChI=1S/2C10H13NO10.3Mg/c2*11-4(1-5(12)13)8(18)21-10(9(19)20,2-6(14)15)3-7(16)17;;;/h2*4H,1-3,11H2,(H,12,13)(H,14,15)(H,16,17)(H,19,20);;;/q;;3*+2/p-6/t2*4-;;;/m00.../s1. The van der Waals surface area contributed by atoms with Crippen LogP contribution in [0.1, 0.15) is 38.5 Å². The van der Waals surface area contributed by atoms with Gasteiger partial charge in [-0.25, -0.2) is 0 Å². The van der Waals surface area contributed by atoms with Gasteiger partial charge in [0.25, 0.3) is 0 Å². The largest absolute Gasteiger partial charge is 2.00 e. The molecule has 45 heavy (non-hydrogen) atoms. The van der Waals surface area contributed by atoms with Crippen LogP contribution >= 0.6 is 0 Å². The number of esters is 2. The maximum absolute atomic E-state index is 11.4. The van der Waals surface area contributed by atoms with Crippen molar-refractivity contribution in [2.24, 2.45) is 11.5 Å². The predicted octanol–water partition coefficient (Wildman–Crippen LogP) is -12.9. The average molecular weight is 681 g/mol. The van der Waals surface area contributed by atoms with Crippen LogP contribution in [0.4, 0.5) is 0 Å². The first-order valence-corrected chi connectivity index (χ1v) is 10.6. The second kappa shape index (κ2) is 23.3. The van der Waals surface area contributed by atoms with Crippen LogP contribution in [0.5, 0.6) is 0 Å². The van der Waals surface area contributed by atoms with E-state index in [4.69, 9.17) is 21.7 Å². The van der Waals surface area contributed by atoms with E-state index in [2.05, 4.69) is 9.47 Å². The maximum Gasteiger partial charge on any atom is 2.00 e. The van der Waals surface area contributed by atoms with Crippen molar-refractivity contribution in [2.75, 3.05) is 0 Å². The molecular formula is C20H20Mg3N2O20. The summed E-state index contributed by atoms with van der Waals surface area (Å²) in [6.07, 6.45) is -8.02. The molecule has 0 radical (unpaired) electrons. The number of carboxylic acids is 8. The number of carboxylic acid groups (broad SMARTS) is 8. The van der Waals surface area contributed by atoms with Gasteiger partial charge < -0.3 is 90.6 Å². The van der Waals surface area contributed by atoms with E-state index >= 15 is 0 Å². The number of carbonyl (C=O) groups is 10. The minimum Gasteiger partial charge on any atom is -0.550 e. The summed E-state index contributed by atoms with van der Waals surface area (Å²) >= 11 is 0. The van der Waals surface area contributed by atoms with Gasteiger partial charge in [0.15, 0.2) is 11.2 Å². The van der Waals surface area contributed by atoms with Crippen molar-refractivity contribution < 1.29 is 98.3 Å². The summed E-state index contributed by atoms with van der Waals surface area (Å²) in [5.41, 5.74) is 3.97.